The maximum absolute atomic E-state index is 9.88. The van der Waals surface area contributed by atoms with Crippen LogP contribution in [0.1, 0.15) is 36.8 Å². The van der Waals surface area contributed by atoms with Crippen LogP contribution in [0.3, 0.4) is 0 Å². The molecule has 0 saturated heterocycles. The summed E-state index contributed by atoms with van der Waals surface area (Å²) in [6, 6.07) is 5.62. The summed E-state index contributed by atoms with van der Waals surface area (Å²) in [5, 5.41) is 18.9. The lowest BCUT2D eigenvalue weighted by molar-refractivity contribution is 0.275. The van der Waals surface area contributed by atoms with Crippen molar-refractivity contribution in [2.24, 2.45) is 5.92 Å². The summed E-state index contributed by atoms with van der Waals surface area (Å²) >= 11 is 0. The molecule has 2 nitrogen and oxygen atoms in total. The van der Waals surface area contributed by atoms with E-state index in [9.17, 15) is 5.11 Å². The molecule has 1 aliphatic rings. The van der Waals surface area contributed by atoms with Gasteiger partial charge in [-0.25, -0.2) is 0 Å². The van der Waals surface area contributed by atoms with Gasteiger partial charge in [-0.1, -0.05) is 25.1 Å². The lowest BCUT2D eigenvalue weighted by Crippen LogP contribution is -1.98. The third-order valence-corrected chi connectivity index (χ3v) is 3.14. The average Bonchev–Trinajstić information content (AvgIpc) is 3.00. The molecule has 0 aliphatic heterocycles. The van der Waals surface area contributed by atoms with E-state index in [2.05, 4.69) is 6.92 Å². The van der Waals surface area contributed by atoms with Gasteiger partial charge in [-0.05, 0) is 30.2 Å². The summed E-state index contributed by atoms with van der Waals surface area (Å²) in [5.74, 6) is 1.44. The first-order valence-corrected chi connectivity index (χ1v) is 5.15. The molecular weight excluding hydrogens is 176 g/mol. The van der Waals surface area contributed by atoms with Crippen LogP contribution in [-0.4, -0.2) is 10.2 Å². The molecule has 0 bridgehead atoms. The monoisotopic (exact) mass is 192 g/mol. The Balaban J connectivity index is 2.31. The number of hydrogen-bond donors (Lipinski definition) is 2. The first-order chi connectivity index (χ1) is 6.74. The Morgan fingerprint density at radius 1 is 1.43 bits per heavy atom. The fourth-order valence-corrected chi connectivity index (χ4v) is 1.96. The van der Waals surface area contributed by atoms with Crippen LogP contribution in [0.2, 0.25) is 0 Å². The first kappa shape index (κ1) is 9.53. The van der Waals surface area contributed by atoms with E-state index >= 15 is 0 Å². The number of para-hydroxylation sites is 1. The molecule has 1 aliphatic carbocycles. The number of rotatable bonds is 3. The van der Waals surface area contributed by atoms with Crippen molar-refractivity contribution in [1.29, 1.82) is 0 Å². The maximum atomic E-state index is 9.88. The van der Waals surface area contributed by atoms with Crippen LogP contribution in [0.25, 0.3) is 0 Å². The molecule has 2 rings (SSSR count). The zero-order chi connectivity index (χ0) is 10.1. The molecule has 2 N–H and O–H groups in total. The highest BCUT2D eigenvalue weighted by molar-refractivity contribution is 5.42. The van der Waals surface area contributed by atoms with Gasteiger partial charge in [0.05, 0.1) is 6.61 Å². The maximum Gasteiger partial charge on any atom is 0.124 e. The zero-order valence-corrected chi connectivity index (χ0v) is 8.40. The largest absolute Gasteiger partial charge is 0.507 e. The van der Waals surface area contributed by atoms with Gasteiger partial charge in [0, 0.05) is 5.56 Å². The van der Waals surface area contributed by atoms with Gasteiger partial charge in [0.2, 0.25) is 0 Å². The molecule has 1 unspecified atom stereocenters. The van der Waals surface area contributed by atoms with E-state index in [1.165, 1.54) is 12.8 Å². The smallest absolute Gasteiger partial charge is 0.124 e. The number of hydrogen-bond acceptors (Lipinski definition) is 2. The molecule has 0 spiro atoms. The van der Waals surface area contributed by atoms with E-state index in [1.807, 2.05) is 12.1 Å². The quantitative estimate of drug-likeness (QED) is 0.772. The normalized spacial score (nSPS) is 18.1. The summed E-state index contributed by atoms with van der Waals surface area (Å²) < 4.78 is 0. The van der Waals surface area contributed by atoms with Gasteiger partial charge in [0.15, 0.2) is 0 Å². The lowest BCUT2D eigenvalue weighted by Gasteiger charge is -2.14. The van der Waals surface area contributed by atoms with E-state index in [0.717, 1.165) is 11.5 Å². The molecule has 1 saturated carbocycles. The van der Waals surface area contributed by atoms with Crippen molar-refractivity contribution in [3.8, 4) is 5.75 Å². The van der Waals surface area contributed by atoms with Gasteiger partial charge < -0.3 is 10.2 Å². The highest BCUT2D eigenvalue weighted by Crippen LogP contribution is 2.45. The molecule has 1 aromatic rings. The van der Waals surface area contributed by atoms with E-state index < -0.39 is 0 Å². The summed E-state index contributed by atoms with van der Waals surface area (Å²) in [5.41, 5.74) is 1.62. The Hall–Kier alpha value is -1.02. The van der Waals surface area contributed by atoms with Gasteiger partial charge in [0.25, 0.3) is 0 Å². The Labute approximate surface area is 84.2 Å². The molecule has 2 heteroatoms. The lowest BCUT2D eigenvalue weighted by atomic mass is 9.94. The minimum absolute atomic E-state index is 0.0863. The average molecular weight is 192 g/mol. The highest BCUT2D eigenvalue weighted by Gasteiger charge is 2.30. The van der Waals surface area contributed by atoms with Crippen LogP contribution in [0.5, 0.6) is 5.75 Å². The zero-order valence-electron chi connectivity index (χ0n) is 8.40. The predicted molar refractivity (Wildman–Crippen MR) is 55.2 cm³/mol. The van der Waals surface area contributed by atoms with Crippen LogP contribution < -0.4 is 0 Å². The van der Waals surface area contributed by atoms with Gasteiger partial charge in [0.1, 0.15) is 5.75 Å². The molecule has 0 aromatic heterocycles. The topological polar surface area (TPSA) is 40.5 Å². The van der Waals surface area contributed by atoms with Crippen molar-refractivity contribution >= 4 is 0 Å². The van der Waals surface area contributed by atoms with E-state index in [4.69, 9.17) is 5.11 Å². The van der Waals surface area contributed by atoms with Gasteiger partial charge in [-0.15, -0.1) is 0 Å². The first-order valence-electron chi connectivity index (χ1n) is 5.15. The molecule has 0 heterocycles. The summed E-state index contributed by atoms with van der Waals surface area (Å²) in [7, 11) is 0. The van der Waals surface area contributed by atoms with Crippen LogP contribution in [-0.2, 0) is 6.61 Å². The minimum atomic E-state index is -0.0863. The predicted octanol–water partition coefficient (Wildman–Crippen LogP) is 2.40. The van der Waals surface area contributed by atoms with Crippen LogP contribution in [0.15, 0.2) is 18.2 Å². The second-order valence-electron chi connectivity index (χ2n) is 4.14. The van der Waals surface area contributed by atoms with E-state index in [0.29, 0.717) is 11.5 Å². The molecule has 76 valence electrons. The summed E-state index contributed by atoms with van der Waals surface area (Å²) in [6.07, 6.45) is 2.54. The highest BCUT2D eigenvalue weighted by atomic mass is 16.3. The van der Waals surface area contributed by atoms with Crippen LogP contribution in [0.4, 0.5) is 0 Å². The Bertz CT molecular complexity index is 329. The summed E-state index contributed by atoms with van der Waals surface area (Å²) in [6.45, 7) is 2.06. The summed E-state index contributed by atoms with van der Waals surface area (Å²) in [4.78, 5) is 0. The number of aliphatic hydroxyl groups is 1. The molecule has 1 fully saturated rings. The minimum Gasteiger partial charge on any atom is -0.507 e. The Morgan fingerprint density at radius 3 is 2.71 bits per heavy atom. The van der Waals surface area contributed by atoms with Crippen LogP contribution >= 0.6 is 0 Å². The Morgan fingerprint density at radius 2 is 2.14 bits per heavy atom. The molecule has 1 aromatic carbocycles. The molecule has 0 radical (unpaired) electrons. The number of phenols is 1. The molecular formula is C12H16O2. The molecule has 0 amide bonds. The van der Waals surface area contributed by atoms with Crippen molar-refractivity contribution in [2.75, 3.05) is 0 Å². The second kappa shape index (κ2) is 3.62. The van der Waals surface area contributed by atoms with Crippen LogP contribution in [0, 0.1) is 5.92 Å². The van der Waals surface area contributed by atoms with Crippen molar-refractivity contribution in [1.82, 2.24) is 0 Å². The van der Waals surface area contributed by atoms with Crippen molar-refractivity contribution in [3.05, 3.63) is 29.3 Å². The number of benzene rings is 1. The number of aliphatic hydroxyl groups excluding tert-OH is 1. The number of aromatic hydroxyl groups is 1. The molecule has 14 heavy (non-hydrogen) atoms. The third-order valence-electron chi connectivity index (χ3n) is 3.14. The Kier molecular flexibility index (Phi) is 2.46. The van der Waals surface area contributed by atoms with Gasteiger partial charge >= 0.3 is 0 Å². The second-order valence-corrected chi connectivity index (χ2v) is 4.14. The standard InChI is InChI=1S/C12H16O2/c1-8(9-5-6-9)11-4-2-3-10(7-13)12(11)14/h2-4,8-9,13-14H,5-7H2,1H3. The van der Waals surface area contributed by atoms with Crippen molar-refractivity contribution < 1.29 is 10.2 Å². The SMILES string of the molecule is CC(c1cccc(CO)c1O)C1CC1. The van der Waals surface area contributed by atoms with E-state index in [-0.39, 0.29) is 12.4 Å². The third kappa shape index (κ3) is 1.62. The fraction of sp³-hybridized carbons (Fsp3) is 0.500. The van der Waals surface area contributed by atoms with Crippen molar-refractivity contribution in [3.63, 3.8) is 0 Å². The molecule has 1 atom stereocenters. The van der Waals surface area contributed by atoms with Gasteiger partial charge in [-0.3, -0.25) is 0 Å². The van der Waals surface area contributed by atoms with E-state index in [1.54, 1.807) is 6.07 Å². The fourth-order valence-electron chi connectivity index (χ4n) is 1.96. The van der Waals surface area contributed by atoms with Crippen molar-refractivity contribution in [2.45, 2.75) is 32.3 Å². The van der Waals surface area contributed by atoms with Gasteiger partial charge in [-0.2, -0.15) is 0 Å².